The van der Waals surface area contributed by atoms with Crippen LogP contribution in [0.5, 0.6) is 0 Å². The number of alkyl halides is 3. The molecule has 1 aromatic carbocycles. The van der Waals surface area contributed by atoms with Crippen LogP contribution in [0.1, 0.15) is 43.2 Å². The highest BCUT2D eigenvalue weighted by Gasteiger charge is 2.51. The molecule has 1 aromatic rings. The fraction of sp³-hybridized carbons (Fsp3) is 0.619. The molecule has 30 heavy (non-hydrogen) atoms. The maximum Gasteiger partial charge on any atom is 0.416 e. The SMILES string of the molecule is O=C1NC2(CCCCC2)C(=O)N1CN1CCN(Cc2cccc(C(F)(F)F)c2)CC1. The minimum absolute atomic E-state index is 0.112. The smallest absolute Gasteiger partial charge is 0.323 e. The summed E-state index contributed by atoms with van der Waals surface area (Å²) >= 11 is 0. The van der Waals surface area contributed by atoms with Crippen LogP contribution in [-0.4, -0.2) is 65.0 Å². The van der Waals surface area contributed by atoms with Gasteiger partial charge in [-0.1, -0.05) is 37.5 Å². The number of rotatable bonds is 4. The third-order valence-corrected chi connectivity index (χ3v) is 6.42. The minimum Gasteiger partial charge on any atom is -0.323 e. The topological polar surface area (TPSA) is 55.9 Å². The molecule has 1 spiro atoms. The van der Waals surface area contributed by atoms with Crippen LogP contribution >= 0.6 is 0 Å². The Morgan fingerprint density at radius 3 is 2.30 bits per heavy atom. The van der Waals surface area contributed by atoms with Gasteiger partial charge in [0.2, 0.25) is 0 Å². The molecule has 9 heteroatoms. The van der Waals surface area contributed by atoms with Crippen molar-refractivity contribution in [3.05, 3.63) is 35.4 Å². The maximum absolute atomic E-state index is 12.9. The quantitative estimate of drug-likeness (QED) is 0.755. The van der Waals surface area contributed by atoms with E-state index >= 15 is 0 Å². The Morgan fingerprint density at radius 1 is 0.967 bits per heavy atom. The molecule has 4 rings (SSSR count). The molecule has 2 aliphatic heterocycles. The fourth-order valence-electron chi connectivity index (χ4n) is 4.69. The lowest BCUT2D eigenvalue weighted by Gasteiger charge is -2.36. The van der Waals surface area contributed by atoms with Crippen molar-refractivity contribution in [2.24, 2.45) is 0 Å². The van der Waals surface area contributed by atoms with Crippen molar-refractivity contribution in [2.45, 2.75) is 50.4 Å². The molecule has 1 saturated carbocycles. The summed E-state index contributed by atoms with van der Waals surface area (Å²) in [5.74, 6) is -0.112. The molecule has 0 aromatic heterocycles. The van der Waals surface area contributed by atoms with Gasteiger partial charge in [0, 0.05) is 32.7 Å². The van der Waals surface area contributed by atoms with E-state index in [2.05, 4.69) is 15.1 Å². The highest BCUT2D eigenvalue weighted by Crippen LogP contribution is 2.34. The van der Waals surface area contributed by atoms with E-state index in [1.165, 1.54) is 17.0 Å². The van der Waals surface area contributed by atoms with Crippen molar-refractivity contribution >= 4 is 11.9 Å². The summed E-state index contributed by atoms with van der Waals surface area (Å²) in [5.41, 5.74) is -0.707. The average molecular weight is 424 g/mol. The molecule has 3 fully saturated rings. The summed E-state index contributed by atoms with van der Waals surface area (Å²) in [4.78, 5) is 30.8. The molecule has 3 aliphatic rings. The zero-order chi connectivity index (χ0) is 21.4. The molecule has 1 N–H and O–H groups in total. The van der Waals surface area contributed by atoms with Gasteiger partial charge in [-0.25, -0.2) is 9.69 Å². The molecule has 0 bridgehead atoms. The van der Waals surface area contributed by atoms with Crippen molar-refractivity contribution in [1.82, 2.24) is 20.0 Å². The van der Waals surface area contributed by atoms with E-state index in [1.54, 1.807) is 6.07 Å². The van der Waals surface area contributed by atoms with Crippen LogP contribution in [-0.2, 0) is 17.5 Å². The van der Waals surface area contributed by atoms with E-state index in [1.807, 2.05) is 0 Å². The van der Waals surface area contributed by atoms with Crippen LogP contribution in [0.15, 0.2) is 24.3 Å². The largest absolute Gasteiger partial charge is 0.416 e. The minimum atomic E-state index is -4.34. The van der Waals surface area contributed by atoms with Crippen molar-refractivity contribution < 1.29 is 22.8 Å². The molecule has 2 saturated heterocycles. The van der Waals surface area contributed by atoms with E-state index in [0.29, 0.717) is 51.1 Å². The van der Waals surface area contributed by atoms with Crippen LogP contribution in [0.25, 0.3) is 0 Å². The number of hydrogen-bond acceptors (Lipinski definition) is 4. The summed E-state index contributed by atoms with van der Waals surface area (Å²) in [6.07, 6.45) is 0.0752. The van der Waals surface area contributed by atoms with Gasteiger partial charge in [0.15, 0.2) is 0 Å². The molecule has 6 nitrogen and oxygen atoms in total. The number of benzene rings is 1. The van der Waals surface area contributed by atoms with Crippen LogP contribution in [0.4, 0.5) is 18.0 Å². The second-order valence-electron chi connectivity index (χ2n) is 8.54. The van der Waals surface area contributed by atoms with Crippen molar-refractivity contribution in [1.29, 1.82) is 0 Å². The van der Waals surface area contributed by atoms with Gasteiger partial charge in [-0.3, -0.25) is 14.6 Å². The highest BCUT2D eigenvalue weighted by molar-refractivity contribution is 6.07. The molecule has 2 heterocycles. The second-order valence-corrected chi connectivity index (χ2v) is 8.54. The Bertz CT molecular complexity index is 800. The van der Waals surface area contributed by atoms with Gasteiger partial charge < -0.3 is 5.32 Å². The number of hydrogen-bond donors (Lipinski definition) is 1. The first-order valence-corrected chi connectivity index (χ1v) is 10.5. The van der Waals surface area contributed by atoms with Gasteiger partial charge in [-0.2, -0.15) is 13.2 Å². The predicted molar refractivity (Wildman–Crippen MR) is 104 cm³/mol. The van der Waals surface area contributed by atoms with Gasteiger partial charge >= 0.3 is 12.2 Å². The number of amides is 3. The monoisotopic (exact) mass is 424 g/mol. The zero-order valence-electron chi connectivity index (χ0n) is 16.9. The number of imide groups is 1. The first-order valence-electron chi connectivity index (χ1n) is 10.5. The average Bonchev–Trinajstić information content (AvgIpc) is 2.93. The first-order chi connectivity index (χ1) is 14.3. The van der Waals surface area contributed by atoms with E-state index in [9.17, 15) is 22.8 Å². The first kappa shape index (κ1) is 21.1. The number of carbonyl (C=O) groups excluding carboxylic acids is 2. The Labute approximate surface area is 174 Å². The Kier molecular flexibility index (Phi) is 5.76. The van der Waals surface area contributed by atoms with E-state index in [-0.39, 0.29) is 18.6 Å². The van der Waals surface area contributed by atoms with E-state index < -0.39 is 17.3 Å². The molecule has 0 atom stereocenters. The maximum atomic E-state index is 12.9. The van der Waals surface area contributed by atoms with E-state index in [0.717, 1.165) is 25.3 Å². The number of nitrogens with zero attached hydrogens (tertiary/aromatic N) is 3. The lowest BCUT2D eigenvalue weighted by Crippen LogP contribution is -2.52. The lowest BCUT2D eigenvalue weighted by atomic mass is 9.82. The van der Waals surface area contributed by atoms with Gasteiger partial charge in [-0.05, 0) is 24.5 Å². The highest BCUT2D eigenvalue weighted by atomic mass is 19.4. The summed E-state index contributed by atoms with van der Waals surface area (Å²) in [5, 5.41) is 2.93. The molecule has 0 unspecified atom stereocenters. The molecule has 164 valence electrons. The molecule has 0 radical (unpaired) electrons. The zero-order valence-corrected chi connectivity index (χ0v) is 16.9. The standard InChI is InChI=1S/C21H27F3N4O2/c22-21(23,24)17-6-4-5-16(13-17)14-26-9-11-27(12-10-26)15-28-18(29)20(25-19(28)30)7-2-1-3-8-20/h4-6,13H,1-3,7-12,14-15H2,(H,25,30). The number of urea groups is 1. The number of halogens is 3. The molecule has 3 amide bonds. The summed E-state index contributed by atoms with van der Waals surface area (Å²) in [6, 6.07) is 5.11. The Balaban J connectivity index is 1.30. The number of nitrogens with one attached hydrogen (secondary N) is 1. The number of piperazine rings is 1. The van der Waals surface area contributed by atoms with Crippen molar-refractivity contribution in [2.75, 3.05) is 32.8 Å². The van der Waals surface area contributed by atoms with Crippen molar-refractivity contribution in [3.8, 4) is 0 Å². The van der Waals surface area contributed by atoms with Crippen LogP contribution in [0.3, 0.4) is 0 Å². The normalized spacial score (nSPS) is 23.2. The third-order valence-electron chi connectivity index (χ3n) is 6.42. The predicted octanol–water partition coefficient (Wildman–Crippen LogP) is 3.04. The summed E-state index contributed by atoms with van der Waals surface area (Å²) in [7, 11) is 0. The molecule has 1 aliphatic carbocycles. The molecular weight excluding hydrogens is 397 g/mol. The Hall–Kier alpha value is -2.13. The fourth-order valence-corrected chi connectivity index (χ4v) is 4.69. The van der Waals surface area contributed by atoms with Crippen LogP contribution in [0.2, 0.25) is 0 Å². The third kappa shape index (κ3) is 4.32. The Morgan fingerprint density at radius 2 is 1.63 bits per heavy atom. The van der Waals surface area contributed by atoms with Gasteiger partial charge in [0.1, 0.15) is 5.54 Å². The number of carbonyl (C=O) groups is 2. The van der Waals surface area contributed by atoms with Gasteiger partial charge in [-0.15, -0.1) is 0 Å². The summed E-state index contributed by atoms with van der Waals surface area (Å²) < 4.78 is 38.7. The van der Waals surface area contributed by atoms with E-state index in [4.69, 9.17) is 0 Å². The van der Waals surface area contributed by atoms with Crippen LogP contribution in [0, 0.1) is 0 Å². The van der Waals surface area contributed by atoms with Gasteiger partial charge in [0.05, 0.1) is 12.2 Å². The molecular formula is C21H27F3N4O2. The van der Waals surface area contributed by atoms with Gasteiger partial charge in [0.25, 0.3) is 5.91 Å². The summed E-state index contributed by atoms with van der Waals surface area (Å²) in [6.45, 7) is 3.37. The lowest BCUT2D eigenvalue weighted by molar-refractivity contribution is -0.137. The van der Waals surface area contributed by atoms with Crippen LogP contribution < -0.4 is 5.32 Å². The second kappa shape index (κ2) is 8.19. The van der Waals surface area contributed by atoms with Crippen molar-refractivity contribution in [3.63, 3.8) is 0 Å².